The summed E-state index contributed by atoms with van der Waals surface area (Å²) in [4.78, 5) is 12.0. The van der Waals surface area contributed by atoms with Gasteiger partial charge in [-0.3, -0.25) is 4.79 Å². The standard InChI is InChI=1S/C15H21NO3/c1-11-13(8-9-19-11)14(17)16-10-15(2,18)12-6-4-3-5-7-12/h3-7,11,13,18H,8-10H2,1-2H3,(H,16,17). The predicted molar refractivity (Wildman–Crippen MR) is 72.5 cm³/mol. The van der Waals surface area contributed by atoms with Crippen molar-refractivity contribution in [2.75, 3.05) is 13.2 Å². The van der Waals surface area contributed by atoms with Crippen LogP contribution in [-0.4, -0.2) is 30.3 Å². The molecule has 0 bridgehead atoms. The van der Waals surface area contributed by atoms with Crippen LogP contribution in [0.2, 0.25) is 0 Å². The molecule has 1 aliphatic rings. The fourth-order valence-corrected chi connectivity index (χ4v) is 2.37. The van der Waals surface area contributed by atoms with Gasteiger partial charge >= 0.3 is 0 Å². The Morgan fingerprint density at radius 1 is 1.47 bits per heavy atom. The zero-order valence-corrected chi connectivity index (χ0v) is 11.4. The predicted octanol–water partition coefficient (Wildman–Crippen LogP) is 1.44. The summed E-state index contributed by atoms with van der Waals surface area (Å²) in [5.41, 5.74) is -0.259. The fourth-order valence-electron chi connectivity index (χ4n) is 2.37. The van der Waals surface area contributed by atoms with Gasteiger partial charge in [0.15, 0.2) is 0 Å². The molecule has 0 aliphatic carbocycles. The van der Waals surface area contributed by atoms with E-state index in [0.717, 1.165) is 12.0 Å². The number of hydrogen-bond donors (Lipinski definition) is 2. The number of benzene rings is 1. The van der Waals surface area contributed by atoms with E-state index in [1.165, 1.54) is 0 Å². The normalized spacial score (nSPS) is 25.8. The first-order valence-corrected chi connectivity index (χ1v) is 6.68. The van der Waals surface area contributed by atoms with Crippen LogP contribution in [0.4, 0.5) is 0 Å². The van der Waals surface area contributed by atoms with E-state index in [1.54, 1.807) is 6.92 Å². The molecule has 19 heavy (non-hydrogen) atoms. The summed E-state index contributed by atoms with van der Waals surface area (Å²) >= 11 is 0. The molecule has 1 saturated heterocycles. The number of amides is 1. The van der Waals surface area contributed by atoms with Gasteiger partial charge in [-0.05, 0) is 25.8 Å². The molecule has 0 radical (unpaired) electrons. The lowest BCUT2D eigenvalue weighted by Gasteiger charge is -2.25. The van der Waals surface area contributed by atoms with Crippen molar-refractivity contribution in [1.82, 2.24) is 5.32 Å². The van der Waals surface area contributed by atoms with Crippen molar-refractivity contribution in [3.05, 3.63) is 35.9 Å². The van der Waals surface area contributed by atoms with Crippen molar-refractivity contribution in [2.24, 2.45) is 5.92 Å². The Hall–Kier alpha value is -1.39. The highest BCUT2D eigenvalue weighted by Gasteiger charge is 2.32. The fraction of sp³-hybridized carbons (Fsp3) is 0.533. The average Bonchev–Trinajstić information content (AvgIpc) is 2.83. The monoisotopic (exact) mass is 263 g/mol. The van der Waals surface area contributed by atoms with Gasteiger partial charge in [-0.25, -0.2) is 0 Å². The molecule has 4 nitrogen and oxygen atoms in total. The molecule has 1 heterocycles. The van der Waals surface area contributed by atoms with Crippen LogP contribution in [0.5, 0.6) is 0 Å². The Morgan fingerprint density at radius 2 is 2.16 bits per heavy atom. The van der Waals surface area contributed by atoms with E-state index in [4.69, 9.17) is 4.74 Å². The third-order valence-corrected chi connectivity index (χ3v) is 3.72. The van der Waals surface area contributed by atoms with Crippen molar-refractivity contribution in [3.63, 3.8) is 0 Å². The van der Waals surface area contributed by atoms with Gasteiger partial charge in [0, 0.05) is 6.61 Å². The Morgan fingerprint density at radius 3 is 2.74 bits per heavy atom. The molecular weight excluding hydrogens is 242 g/mol. The van der Waals surface area contributed by atoms with E-state index < -0.39 is 5.60 Å². The minimum absolute atomic E-state index is 0.0401. The third-order valence-electron chi connectivity index (χ3n) is 3.72. The Kier molecular flexibility index (Phi) is 4.22. The highest BCUT2D eigenvalue weighted by molar-refractivity contribution is 5.79. The van der Waals surface area contributed by atoms with E-state index in [0.29, 0.717) is 6.61 Å². The summed E-state index contributed by atoms with van der Waals surface area (Å²) in [6.07, 6.45) is 0.710. The molecule has 1 aliphatic heterocycles. The minimum Gasteiger partial charge on any atom is -0.384 e. The van der Waals surface area contributed by atoms with Gasteiger partial charge in [0.25, 0.3) is 0 Å². The number of carbonyl (C=O) groups is 1. The number of nitrogens with one attached hydrogen (secondary N) is 1. The zero-order valence-electron chi connectivity index (χ0n) is 11.4. The molecule has 3 unspecified atom stereocenters. The second-order valence-electron chi connectivity index (χ2n) is 5.33. The number of carbonyl (C=O) groups excluding carboxylic acids is 1. The summed E-state index contributed by atoms with van der Waals surface area (Å²) < 4.78 is 5.38. The van der Waals surface area contributed by atoms with E-state index in [9.17, 15) is 9.90 Å². The van der Waals surface area contributed by atoms with Crippen molar-refractivity contribution >= 4 is 5.91 Å². The van der Waals surface area contributed by atoms with Crippen molar-refractivity contribution in [1.29, 1.82) is 0 Å². The molecule has 2 N–H and O–H groups in total. The molecule has 2 rings (SSSR count). The summed E-state index contributed by atoms with van der Waals surface area (Å²) in [5, 5.41) is 13.2. The van der Waals surface area contributed by atoms with Crippen molar-refractivity contribution in [3.8, 4) is 0 Å². The van der Waals surface area contributed by atoms with Crippen LogP contribution in [0.15, 0.2) is 30.3 Å². The number of hydrogen-bond acceptors (Lipinski definition) is 3. The summed E-state index contributed by atoms with van der Waals surface area (Å²) in [7, 11) is 0. The van der Waals surface area contributed by atoms with Crippen LogP contribution < -0.4 is 5.32 Å². The second-order valence-corrected chi connectivity index (χ2v) is 5.33. The van der Waals surface area contributed by atoms with Gasteiger partial charge in [-0.15, -0.1) is 0 Å². The average molecular weight is 263 g/mol. The SMILES string of the molecule is CC1OCCC1C(=O)NCC(C)(O)c1ccccc1. The lowest BCUT2D eigenvalue weighted by Crippen LogP contribution is -2.42. The highest BCUT2D eigenvalue weighted by atomic mass is 16.5. The first-order valence-electron chi connectivity index (χ1n) is 6.68. The van der Waals surface area contributed by atoms with Gasteiger partial charge in [0.05, 0.1) is 18.6 Å². The van der Waals surface area contributed by atoms with Gasteiger partial charge in [0.2, 0.25) is 5.91 Å². The van der Waals surface area contributed by atoms with Crippen LogP contribution in [0.25, 0.3) is 0 Å². The molecule has 4 heteroatoms. The number of rotatable bonds is 4. The lowest BCUT2D eigenvalue weighted by atomic mass is 9.95. The van der Waals surface area contributed by atoms with Gasteiger partial charge in [-0.1, -0.05) is 30.3 Å². The molecule has 1 amide bonds. The zero-order chi connectivity index (χ0) is 13.9. The summed E-state index contributed by atoms with van der Waals surface area (Å²) in [5.74, 6) is -0.146. The Bertz CT molecular complexity index is 430. The summed E-state index contributed by atoms with van der Waals surface area (Å²) in [6, 6.07) is 9.35. The van der Waals surface area contributed by atoms with Crippen LogP contribution in [0.3, 0.4) is 0 Å². The van der Waals surface area contributed by atoms with E-state index in [-0.39, 0.29) is 24.5 Å². The van der Waals surface area contributed by atoms with E-state index >= 15 is 0 Å². The molecule has 0 saturated carbocycles. The topological polar surface area (TPSA) is 58.6 Å². The highest BCUT2D eigenvalue weighted by Crippen LogP contribution is 2.22. The maximum atomic E-state index is 12.0. The maximum Gasteiger partial charge on any atom is 0.225 e. The molecule has 0 aromatic heterocycles. The summed E-state index contributed by atoms with van der Waals surface area (Å²) in [6.45, 7) is 4.46. The van der Waals surface area contributed by atoms with Crippen molar-refractivity contribution in [2.45, 2.75) is 32.0 Å². The lowest BCUT2D eigenvalue weighted by molar-refractivity contribution is -0.127. The number of ether oxygens (including phenoxy) is 1. The molecule has 104 valence electrons. The van der Waals surface area contributed by atoms with Gasteiger partial charge in [0.1, 0.15) is 5.60 Å². The van der Waals surface area contributed by atoms with E-state index in [1.807, 2.05) is 37.3 Å². The Balaban J connectivity index is 1.93. The van der Waals surface area contributed by atoms with Gasteiger partial charge in [-0.2, -0.15) is 0 Å². The quantitative estimate of drug-likeness (QED) is 0.864. The second kappa shape index (κ2) is 5.72. The van der Waals surface area contributed by atoms with Crippen molar-refractivity contribution < 1.29 is 14.6 Å². The molecule has 1 aromatic carbocycles. The van der Waals surface area contributed by atoms with Crippen LogP contribution >= 0.6 is 0 Å². The van der Waals surface area contributed by atoms with Crippen LogP contribution in [-0.2, 0) is 15.1 Å². The first-order chi connectivity index (χ1) is 9.00. The molecule has 0 spiro atoms. The Labute approximate surface area is 113 Å². The minimum atomic E-state index is -1.06. The first kappa shape index (κ1) is 14.0. The van der Waals surface area contributed by atoms with Gasteiger partial charge < -0.3 is 15.2 Å². The third kappa shape index (κ3) is 3.33. The molecular formula is C15H21NO3. The molecule has 1 aromatic rings. The van der Waals surface area contributed by atoms with Crippen LogP contribution in [0, 0.1) is 5.92 Å². The smallest absolute Gasteiger partial charge is 0.225 e. The van der Waals surface area contributed by atoms with E-state index in [2.05, 4.69) is 5.32 Å². The largest absolute Gasteiger partial charge is 0.384 e. The number of aliphatic hydroxyl groups is 1. The molecule has 3 atom stereocenters. The maximum absolute atomic E-state index is 12.0. The van der Waals surface area contributed by atoms with Crippen LogP contribution in [0.1, 0.15) is 25.8 Å². The molecule has 1 fully saturated rings.